The van der Waals surface area contributed by atoms with Crippen molar-refractivity contribution < 1.29 is 4.42 Å². The fourth-order valence-corrected chi connectivity index (χ4v) is 8.80. The summed E-state index contributed by atoms with van der Waals surface area (Å²) in [6.45, 7) is 4.33. The van der Waals surface area contributed by atoms with E-state index in [1.807, 2.05) is 72.8 Å². The molecule has 0 bridgehead atoms. The highest BCUT2D eigenvalue weighted by molar-refractivity contribution is 6.17. The number of allylic oxidation sites excluding steroid dienone is 1. The highest BCUT2D eigenvalue weighted by Gasteiger charge is 2.21. The smallest absolute Gasteiger partial charge is 0.164 e. The lowest BCUT2D eigenvalue weighted by Gasteiger charge is -2.18. The van der Waals surface area contributed by atoms with Gasteiger partial charge >= 0.3 is 0 Å². The predicted octanol–water partition coefficient (Wildman–Crippen LogP) is 14.9. The van der Waals surface area contributed by atoms with Crippen LogP contribution in [0.25, 0.3) is 84.1 Å². The van der Waals surface area contributed by atoms with Crippen LogP contribution in [0.1, 0.15) is 42.0 Å². The van der Waals surface area contributed by atoms with Gasteiger partial charge in [0.05, 0.1) is 11.4 Å². The van der Waals surface area contributed by atoms with Gasteiger partial charge in [-0.1, -0.05) is 181 Å². The van der Waals surface area contributed by atoms with Gasteiger partial charge in [0.2, 0.25) is 0 Å². The van der Waals surface area contributed by atoms with Crippen molar-refractivity contribution in [2.75, 3.05) is 0 Å². The zero-order valence-corrected chi connectivity index (χ0v) is 36.1. The lowest BCUT2D eigenvalue weighted by Crippen LogP contribution is -2.11. The normalized spacial score (nSPS) is 15.8. The molecule has 0 amide bonds. The minimum absolute atomic E-state index is 0.607. The SMILES string of the molecule is C/C1=C(c2ccccc2)/N=C(c2ccccc2-c2ccc3oc4ccc(-c5ccccc5-c5nc(-c6ccccc6)nc(-c6ccccc6)n5)cc4c3c2)\N=C(\c2cccc(C)c2)CC1. The summed E-state index contributed by atoms with van der Waals surface area (Å²) in [7, 11) is 0. The molecule has 2 aromatic heterocycles. The van der Waals surface area contributed by atoms with Gasteiger partial charge in [-0.2, -0.15) is 0 Å². The highest BCUT2D eigenvalue weighted by Crippen LogP contribution is 2.39. The maximum Gasteiger partial charge on any atom is 0.164 e. The molecule has 0 saturated carbocycles. The number of aliphatic imine (C=N–C) groups is 2. The Morgan fingerprint density at radius 3 is 1.45 bits per heavy atom. The average Bonchev–Trinajstić information content (AvgIpc) is 3.73. The third-order valence-corrected chi connectivity index (χ3v) is 12.1. The number of aryl methyl sites for hydroxylation is 1. The van der Waals surface area contributed by atoms with Crippen LogP contribution in [0.3, 0.4) is 0 Å². The van der Waals surface area contributed by atoms with Crippen LogP contribution in [-0.4, -0.2) is 26.5 Å². The first kappa shape index (κ1) is 39.5. The Morgan fingerprint density at radius 2 is 0.862 bits per heavy atom. The summed E-state index contributed by atoms with van der Waals surface area (Å²) in [5, 5.41) is 2.04. The fraction of sp³-hybridized carbons (Fsp3) is 0.0678. The van der Waals surface area contributed by atoms with E-state index < -0.39 is 0 Å². The molecular weight excluding hydrogens is 795 g/mol. The van der Waals surface area contributed by atoms with Gasteiger partial charge in [-0.15, -0.1) is 0 Å². The van der Waals surface area contributed by atoms with Crippen LogP contribution in [0.5, 0.6) is 0 Å². The Balaban J connectivity index is 1.04. The maximum absolute atomic E-state index is 6.52. The minimum Gasteiger partial charge on any atom is -0.456 e. The zero-order chi connectivity index (χ0) is 43.7. The molecule has 65 heavy (non-hydrogen) atoms. The Morgan fingerprint density at radius 1 is 0.369 bits per heavy atom. The Labute approximate surface area is 378 Å². The molecule has 1 aliphatic rings. The first-order valence-corrected chi connectivity index (χ1v) is 22.0. The minimum atomic E-state index is 0.607. The second-order valence-corrected chi connectivity index (χ2v) is 16.5. The average molecular weight is 838 g/mol. The van der Waals surface area contributed by atoms with Gasteiger partial charge < -0.3 is 4.42 Å². The topological polar surface area (TPSA) is 76.5 Å². The third kappa shape index (κ3) is 7.87. The quantitative estimate of drug-likeness (QED) is 0.153. The van der Waals surface area contributed by atoms with Crippen LogP contribution in [-0.2, 0) is 0 Å². The molecule has 0 unspecified atom stereocenters. The van der Waals surface area contributed by atoms with Crippen LogP contribution in [0.15, 0.2) is 220 Å². The monoisotopic (exact) mass is 837 g/mol. The number of furan rings is 1. The fourth-order valence-electron chi connectivity index (χ4n) is 8.80. The van der Waals surface area contributed by atoms with Crippen molar-refractivity contribution in [2.45, 2.75) is 26.7 Å². The number of aromatic nitrogens is 3. The standard InChI is InChI=1S/C59H43N5O/c1-38-17-16-24-45(35-38)52-32-29-39(2)55(40-18-6-3-7-19-40)61-58(60-52)48-27-14-12-25-46(48)43-30-33-53-50(36-43)51-37-44(31-34-54(51)65-53)47-26-13-15-28-49(47)59-63-56(41-20-8-4-9-21-41)62-57(64-59)42-22-10-5-11-23-42/h3-28,30-31,33-37H,29,32H2,1-2H3/b55-39-,60-52+,61-58-. The van der Waals surface area contributed by atoms with Crippen molar-refractivity contribution in [2.24, 2.45) is 9.98 Å². The number of nitrogens with zero attached hydrogens (tertiary/aromatic N) is 5. The van der Waals surface area contributed by atoms with E-state index in [1.165, 1.54) is 11.1 Å². The van der Waals surface area contributed by atoms with Crippen molar-refractivity contribution in [1.82, 2.24) is 15.0 Å². The van der Waals surface area contributed by atoms with Crippen LogP contribution in [0.2, 0.25) is 0 Å². The second-order valence-electron chi connectivity index (χ2n) is 16.5. The van der Waals surface area contributed by atoms with Gasteiger partial charge in [0.1, 0.15) is 11.2 Å². The summed E-state index contributed by atoms with van der Waals surface area (Å²) in [6, 6.07) is 68.9. The molecule has 0 fully saturated rings. The van der Waals surface area contributed by atoms with Gasteiger partial charge in [0.25, 0.3) is 0 Å². The number of amidine groups is 1. The van der Waals surface area contributed by atoms with Crippen molar-refractivity contribution in [3.05, 3.63) is 228 Å². The van der Waals surface area contributed by atoms with Gasteiger partial charge in [-0.25, -0.2) is 24.9 Å². The number of fused-ring (bicyclic) bond motifs is 3. The summed E-state index contributed by atoms with van der Waals surface area (Å²) in [6.07, 6.45) is 1.67. The van der Waals surface area contributed by atoms with E-state index in [0.717, 1.165) is 102 Å². The molecule has 0 radical (unpaired) electrons. The van der Waals surface area contributed by atoms with E-state index in [-0.39, 0.29) is 0 Å². The number of benzene rings is 8. The van der Waals surface area contributed by atoms with Crippen LogP contribution in [0.4, 0.5) is 0 Å². The van der Waals surface area contributed by atoms with Gasteiger partial charge in [-0.05, 0) is 84.3 Å². The highest BCUT2D eigenvalue weighted by atomic mass is 16.3. The summed E-state index contributed by atoms with van der Waals surface area (Å²) < 4.78 is 6.52. The summed E-state index contributed by atoms with van der Waals surface area (Å²) >= 11 is 0. The van der Waals surface area contributed by atoms with Crippen LogP contribution in [0, 0.1) is 6.92 Å². The maximum atomic E-state index is 6.52. The lowest BCUT2D eigenvalue weighted by atomic mass is 9.94. The summed E-state index contributed by atoms with van der Waals surface area (Å²) in [5.41, 5.74) is 16.1. The van der Waals surface area contributed by atoms with Crippen molar-refractivity contribution in [3.8, 4) is 56.4 Å². The summed E-state index contributed by atoms with van der Waals surface area (Å²) in [4.78, 5) is 26.0. The van der Waals surface area contributed by atoms with Crippen molar-refractivity contribution in [3.63, 3.8) is 0 Å². The molecule has 310 valence electrons. The number of hydrogen-bond acceptors (Lipinski definition) is 6. The Kier molecular flexibility index (Phi) is 10.4. The van der Waals surface area contributed by atoms with Crippen molar-refractivity contribution in [1.29, 1.82) is 0 Å². The van der Waals surface area contributed by atoms with E-state index in [0.29, 0.717) is 23.3 Å². The van der Waals surface area contributed by atoms with Gasteiger partial charge in [-0.3, -0.25) is 0 Å². The number of rotatable bonds is 8. The Bertz CT molecular complexity index is 3440. The molecule has 3 heterocycles. The molecule has 0 atom stereocenters. The first-order valence-electron chi connectivity index (χ1n) is 22.0. The molecule has 8 aromatic carbocycles. The van der Waals surface area contributed by atoms with E-state index in [9.17, 15) is 0 Å². The molecule has 11 rings (SSSR count). The lowest BCUT2D eigenvalue weighted by molar-refractivity contribution is 0.669. The van der Waals surface area contributed by atoms with E-state index in [4.69, 9.17) is 29.4 Å². The molecular formula is C59H43N5O. The van der Waals surface area contributed by atoms with E-state index in [1.54, 1.807) is 0 Å². The van der Waals surface area contributed by atoms with E-state index >= 15 is 0 Å². The zero-order valence-electron chi connectivity index (χ0n) is 36.1. The molecule has 6 heteroatoms. The Hall–Kier alpha value is -8.35. The molecule has 0 aliphatic carbocycles. The molecule has 1 aliphatic heterocycles. The number of hydrogen-bond donors (Lipinski definition) is 0. The molecule has 10 aromatic rings. The largest absolute Gasteiger partial charge is 0.456 e. The molecule has 0 N–H and O–H groups in total. The molecule has 6 nitrogen and oxygen atoms in total. The first-order chi connectivity index (χ1) is 32.0. The van der Waals surface area contributed by atoms with Crippen LogP contribution < -0.4 is 0 Å². The molecule has 0 spiro atoms. The second kappa shape index (κ2) is 17.1. The van der Waals surface area contributed by atoms with E-state index in [2.05, 4.69) is 141 Å². The predicted molar refractivity (Wildman–Crippen MR) is 267 cm³/mol. The molecule has 0 saturated heterocycles. The van der Waals surface area contributed by atoms with Crippen molar-refractivity contribution >= 4 is 39.2 Å². The van der Waals surface area contributed by atoms with Gasteiger partial charge in [0.15, 0.2) is 23.3 Å². The summed E-state index contributed by atoms with van der Waals surface area (Å²) in [5.74, 6) is 2.54. The van der Waals surface area contributed by atoms with Gasteiger partial charge in [0, 0.05) is 38.6 Å². The third-order valence-electron chi connectivity index (χ3n) is 12.1. The van der Waals surface area contributed by atoms with Crippen LogP contribution >= 0.6 is 0 Å².